The lowest BCUT2D eigenvalue weighted by atomic mass is 9.94. The molecule has 0 spiro atoms. The Kier molecular flexibility index (Phi) is 7.00. The summed E-state index contributed by atoms with van der Waals surface area (Å²) in [4.78, 5) is 15.3. The van der Waals surface area contributed by atoms with E-state index in [1.807, 2.05) is 29.5 Å². The molecule has 10 aromatic rings. The maximum atomic E-state index is 5.15. The molecule has 0 aliphatic rings. The van der Waals surface area contributed by atoms with Crippen molar-refractivity contribution in [3.05, 3.63) is 176 Å². The van der Waals surface area contributed by atoms with Gasteiger partial charge in [-0.05, 0) is 80.2 Å². The molecule has 0 amide bonds. The predicted octanol–water partition coefficient (Wildman–Crippen LogP) is 12.9. The summed E-state index contributed by atoms with van der Waals surface area (Å²) in [5, 5.41) is 7.21. The molecule has 8 aromatic carbocycles. The molecular formula is C47H29N3S. The van der Waals surface area contributed by atoms with E-state index in [2.05, 4.69) is 158 Å². The summed E-state index contributed by atoms with van der Waals surface area (Å²) in [6.45, 7) is 0. The second-order valence-electron chi connectivity index (χ2n) is 12.8. The van der Waals surface area contributed by atoms with E-state index in [1.165, 1.54) is 47.8 Å². The fourth-order valence-corrected chi connectivity index (χ4v) is 8.26. The van der Waals surface area contributed by atoms with Gasteiger partial charge in [-0.1, -0.05) is 140 Å². The highest BCUT2D eigenvalue weighted by Crippen LogP contribution is 2.38. The predicted molar refractivity (Wildman–Crippen MR) is 215 cm³/mol. The van der Waals surface area contributed by atoms with Crippen molar-refractivity contribution in [2.24, 2.45) is 0 Å². The Balaban J connectivity index is 1.08. The van der Waals surface area contributed by atoms with Gasteiger partial charge in [-0.15, -0.1) is 11.3 Å². The third kappa shape index (κ3) is 5.25. The Morgan fingerprint density at radius 2 is 0.804 bits per heavy atom. The van der Waals surface area contributed by atoms with E-state index >= 15 is 0 Å². The molecule has 0 fully saturated rings. The van der Waals surface area contributed by atoms with Crippen molar-refractivity contribution < 1.29 is 0 Å². The van der Waals surface area contributed by atoms with E-state index in [0.29, 0.717) is 17.5 Å². The molecule has 0 bridgehead atoms. The van der Waals surface area contributed by atoms with E-state index in [0.717, 1.165) is 32.8 Å². The molecule has 0 aliphatic heterocycles. The first-order chi connectivity index (χ1) is 25.2. The van der Waals surface area contributed by atoms with Crippen LogP contribution >= 0.6 is 11.3 Å². The minimum atomic E-state index is 0.649. The van der Waals surface area contributed by atoms with Crippen molar-refractivity contribution in [1.82, 2.24) is 15.0 Å². The van der Waals surface area contributed by atoms with Gasteiger partial charge < -0.3 is 0 Å². The fourth-order valence-electron chi connectivity index (χ4n) is 7.18. The largest absolute Gasteiger partial charge is 0.208 e. The molecule has 0 N–H and O–H groups in total. The molecule has 2 heterocycles. The number of aromatic nitrogens is 3. The highest BCUT2D eigenvalue weighted by molar-refractivity contribution is 7.25. The van der Waals surface area contributed by atoms with Crippen LogP contribution in [0.1, 0.15) is 0 Å². The number of hydrogen-bond donors (Lipinski definition) is 0. The molecule has 238 valence electrons. The van der Waals surface area contributed by atoms with Gasteiger partial charge in [0.2, 0.25) is 0 Å². The molecule has 0 saturated heterocycles. The summed E-state index contributed by atoms with van der Waals surface area (Å²) in [6.07, 6.45) is 0. The van der Waals surface area contributed by atoms with Crippen LogP contribution in [0.5, 0.6) is 0 Å². The number of fused-ring (bicyclic) bond motifs is 5. The van der Waals surface area contributed by atoms with E-state index < -0.39 is 0 Å². The van der Waals surface area contributed by atoms with E-state index in [9.17, 15) is 0 Å². The number of nitrogens with zero attached hydrogens (tertiary/aromatic N) is 3. The molecule has 0 atom stereocenters. The number of rotatable bonds is 5. The number of benzene rings is 8. The molecule has 0 unspecified atom stereocenters. The molecule has 2 aromatic heterocycles. The quantitative estimate of drug-likeness (QED) is 0.183. The standard InChI is InChI=1S/C47H29N3S/c1-3-11-30(12-4-1)37-24-25-41(39-16-8-7-15-38(37)39)47-49-45(31-13-5-2-6-14-31)48-46(50-47)36-22-21-32-27-33(19-20-34(32)28-36)35-23-26-44-42(29-35)40-17-9-10-18-43(40)51-44/h1-29H. The van der Waals surface area contributed by atoms with Gasteiger partial charge in [-0.25, -0.2) is 15.0 Å². The average molecular weight is 668 g/mol. The van der Waals surface area contributed by atoms with Crippen molar-refractivity contribution in [2.75, 3.05) is 0 Å². The SMILES string of the molecule is c1ccc(-c2nc(-c3ccc4cc(-c5ccc6sc7ccccc7c6c5)ccc4c3)nc(-c3ccc(-c4ccccc4)c4ccccc34)n2)cc1. The monoisotopic (exact) mass is 667 g/mol. The van der Waals surface area contributed by atoms with Crippen LogP contribution in [0, 0.1) is 0 Å². The second-order valence-corrected chi connectivity index (χ2v) is 13.9. The van der Waals surface area contributed by atoms with Crippen LogP contribution in [0.3, 0.4) is 0 Å². The van der Waals surface area contributed by atoms with Crippen LogP contribution in [0.15, 0.2) is 176 Å². The molecule has 10 rings (SSSR count). The first kappa shape index (κ1) is 29.4. The zero-order chi connectivity index (χ0) is 33.7. The van der Waals surface area contributed by atoms with E-state index in [-0.39, 0.29) is 0 Å². The normalized spacial score (nSPS) is 11.5. The zero-order valence-corrected chi connectivity index (χ0v) is 28.3. The number of hydrogen-bond acceptors (Lipinski definition) is 4. The van der Waals surface area contributed by atoms with Crippen molar-refractivity contribution in [3.63, 3.8) is 0 Å². The first-order valence-corrected chi connectivity index (χ1v) is 17.9. The van der Waals surface area contributed by atoms with Crippen LogP contribution in [-0.4, -0.2) is 15.0 Å². The summed E-state index contributed by atoms with van der Waals surface area (Å²) in [5.74, 6) is 1.95. The van der Waals surface area contributed by atoms with Gasteiger partial charge in [0.15, 0.2) is 17.5 Å². The maximum absolute atomic E-state index is 5.15. The van der Waals surface area contributed by atoms with Crippen LogP contribution in [0.25, 0.3) is 98.1 Å². The van der Waals surface area contributed by atoms with Crippen LogP contribution in [-0.2, 0) is 0 Å². The third-order valence-corrected chi connectivity index (χ3v) is 10.9. The molecule has 3 nitrogen and oxygen atoms in total. The minimum absolute atomic E-state index is 0.649. The van der Waals surface area contributed by atoms with Gasteiger partial charge >= 0.3 is 0 Å². The topological polar surface area (TPSA) is 38.7 Å². The molecular weight excluding hydrogens is 639 g/mol. The van der Waals surface area contributed by atoms with E-state index in [4.69, 9.17) is 15.0 Å². The highest BCUT2D eigenvalue weighted by atomic mass is 32.1. The summed E-state index contributed by atoms with van der Waals surface area (Å²) in [6, 6.07) is 62.2. The minimum Gasteiger partial charge on any atom is -0.208 e. The summed E-state index contributed by atoms with van der Waals surface area (Å²) in [7, 11) is 0. The Hall–Kier alpha value is -6.49. The fraction of sp³-hybridized carbons (Fsp3) is 0. The van der Waals surface area contributed by atoms with Gasteiger partial charge in [0, 0.05) is 36.9 Å². The summed E-state index contributed by atoms with van der Waals surface area (Å²) >= 11 is 1.85. The van der Waals surface area contributed by atoms with Crippen LogP contribution < -0.4 is 0 Å². The average Bonchev–Trinajstić information content (AvgIpc) is 3.58. The lowest BCUT2D eigenvalue weighted by Crippen LogP contribution is -2.00. The zero-order valence-electron chi connectivity index (χ0n) is 27.5. The van der Waals surface area contributed by atoms with Gasteiger partial charge in [0.05, 0.1) is 0 Å². The van der Waals surface area contributed by atoms with Gasteiger partial charge in [-0.2, -0.15) is 0 Å². The smallest absolute Gasteiger partial charge is 0.164 e. The molecule has 0 aliphatic carbocycles. The summed E-state index contributed by atoms with van der Waals surface area (Å²) < 4.78 is 2.64. The van der Waals surface area contributed by atoms with Crippen molar-refractivity contribution >= 4 is 53.1 Å². The second kappa shape index (κ2) is 12.1. The van der Waals surface area contributed by atoms with Crippen LogP contribution in [0.2, 0.25) is 0 Å². The lowest BCUT2D eigenvalue weighted by Gasteiger charge is -2.13. The third-order valence-electron chi connectivity index (χ3n) is 9.73. The van der Waals surface area contributed by atoms with Crippen molar-refractivity contribution in [2.45, 2.75) is 0 Å². The van der Waals surface area contributed by atoms with Crippen molar-refractivity contribution in [3.8, 4) is 56.4 Å². The number of thiophene rings is 1. The maximum Gasteiger partial charge on any atom is 0.164 e. The van der Waals surface area contributed by atoms with Crippen LogP contribution in [0.4, 0.5) is 0 Å². The molecule has 0 saturated carbocycles. The van der Waals surface area contributed by atoms with Gasteiger partial charge in [0.25, 0.3) is 0 Å². The van der Waals surface area contributed by atoms with Gasteiger partial charge in [0.1, 0.15) is 0 Å². The first-order valence-electron chi connectivity index (χ1n) is 17.1. The Bertz CT molecular complexity index is 2910. The summed E-state index contributed by atoms with van der Waals surface area (Å²) in [5.41, 5.74) is 7.67. The lowest BCUT2D eigenvalue weighted by molar-refractivity contribution is 1.08. The highest BCUT2D eigenvalue weighted by Gasteiger charge is 2.16. The Morgan fingerprint density at radius 1 is 0.294 bits per heavy atom. The molecule has 0 radical (unpaired) electrons. The van der Waals surface area contributed by atoms with Crippen molar-refractivity contribution in [1.29, 1.82) is 0 Å². The Labute approximate surface area is 299 Å². The van der Waals surface area contributed by atoms with E-state index in [1.54, 1.807) is 0 Å². The molecule has 51 heavy (non-hydrogen) atoms. The molecule has 4 heteroatoms. The Morgan fingerprint density at radius 3 is 1.57 bits per heavy atom. The van der Waals surface area contributed by atoms with Gasteiger partial charge in [-0.3, -0.25) is 0 Å².